The first-order chi connectivity index (χ1) is 15.2. The summed E-state index contributed by atoms with van der Waals surface area (Å²) in [5.41, 5.74) is 3.42. The molecule has 2 N–H and O–H groups in total. The lowest BCUT2D eigenvalue weighted by Gasteiger charge is -2.15. The number of rotatable bonds is 9. The number of aromatic nitrogens is 3. The van der Waals surface area contributed by atoms with Crippen LogP contribution in [0.25, 0.3) is 5.82 Å². The summed E-state index contributed by atoms with van der Waals surface area (Å²) in [6.45, 7) is 6.96. The smallest absolute Gasteiger partial charge is 0.191 e. The second-order valence-corrected chi connectivity index (χ2v) is 7.89. The van der Waals surface area contributed by atoms with Gasteiger partial charge in [0.15, 0.2) is 11.8 Å². The fourth-order valence-corrected chi connectivity index (χ4v) is 3.21. The van der Waals surface area contributed by atoms with Crippen LogP contribution in [0.4, 0.5) is 0 Å². The third kappa shape index (κ3) is 6.94. The van der Waals surface area contributed by atoms with Crippen LogP contribution in [-0.2, 0) is 13.1 Å². The standard InChI is InChI=1S/C24H30N6O.HI/c1-3-25-24(27-15-20-9-11-26-23(14-20)30-12-4-10-29-30)28-16-21-8-5-18(2)13-22(21)31-17-19-6-7-19;/h4-5,8-14,19H,3,6-7,15-17H2,1-2H3,(H2,25,27,28);1H. The van der Waals surface area contributed by atoms with E-state index in [4.69, 9.17) is 9.73 Å². The molecule has 1 aliphatic rings. The molecular weight excluding hydrogens is 515 g/mol. The average Bonchev–Trinajstić information content (AvgIpc) is 3.45. The molecule has 8 heteroatoms. The van der Waals surface area contributed by atoms with Crippen molar-refractivity contribution >= 4 is 29.9 Å². The van der Waals surface area contributed by atoms with Gasteiger partial charge in [-0.1, -0.05) is 12.1 Å². The molecule has 0 bridgehead atoms. The quantitative estimate of drug-likeness (QED) is 0.239. The van der Waals surface area contributed by atoms with Gasteiger partial charge in [0.1, 0.15) is 5.75 Å². The Labute approximate surface area is 206 Å². The molecule has 0 atom stereocenters. The second-order valence-electron chi connectivity index (χ2n) is 7.89. The number of hydrogen-bond donors (Lipinski definition) is 2. The van der Waals surface area contributed by atoms with Gasteiger partial charge in [-0.3, -0.25) is 0 Å². The number of nitrogens with zero attached hydrogens (tertiary/aromatic N) is 4. The molecule has 0 saturated heterocycles. The first-order valence-electron chi connectivity index (χ1n) is 10.9. The molecule has 32 heavy (non-hydrogen) atoms. The Morgan fingerprint density at radius 3 is 2.81 bits per heavy atom. The molecule has 0 aliphatic heterocycles. The minimum Gasteiger partial charge on any atom is -0.493 e. The summed E-state index contributed by atoms with van der Waals surface area (Å²) >= 11 is 0. The van der Waals surface area contributed by atoms with Gasteiger partial charge in [-0.2, -0.15) is 5.10 Å². The number of halogens is 1. The minimum absolute atomic E-state index is 0. The van der Waals surface area contributed by atoms with Gasteiger partial charge in [-0.15, -0.1) is 24.0 Å². The molecule has 0 radical (unpaired) electrons. The van der Waals surface area contributed by atoms with Gasteiger partial charge in [0.2, 0.25) is 0 Å². The van der Waals surface area contributed by atoms with Gasteiger partial charge in [0.05, 0.1) is 13.2 Å². The van der Waals surface area contributed by atoms with Crippen LogP contribution < -0.4 is 15.4 Å². The van der Waals surface area contributed by atoms with Crippen molar-refractivity contribution in [3.05, 3.63) is 71.7 Å². The van der Waals surface area contributed by atoms with Crippen LogP contribution in [0.1, 0.15) is 36.5 Å². The Balaban J connectivity index is 0.00000289. The van der Waals surface area contributed by atoms with Crippen LogP contribution in [0.5, 0.6) is 5.75 Å². The molecule has 170 valence electrons. The van der Waals surface area contributed by atoms with E-state index in [1.807, 2.05) is 24.4 Å². The maximum absolute atomic E-state index is 6.10. The van der Waals surface area contributed by atoms with Gasteiger partial charge in [-0.25, -0.2) is 14.7 Å². The first-order valence-corrected chi connectivity index (χ1v) is 10.9. The van der Waals surface area contributed by atoms with Crippen molar-refractivity contribution in [3.63, 3.8) is 0 Å². The number of benzene rings is 1. The van der Waals surface area contributed by atoms with E-state index in [9.17, 15) is 0 Å². The molecule has 1 saturated carbocycles. The summed E-state index contributed by atoms with van der Waals surface area (Å²) in [5.74, 6) is 3.25. The van der Waals surface area contributed by atoms with Gasteiger partial charge in [-0.05, 0) is 68.0 Å². The molecule has 3 aromatic rings. The zero-order chi connectivity index (χ0) is 21.5. The minimum atomic E-state index is 0. The largest absolute Gasteiger partial charge is 0.493 e. The van der Waals surface area contributed by atoms with E-state index in [-0.39, 0.29) is 24.0 Å². The number of aryl methyl sites for hydroxylation is 1. The molecule has 4 rings (SSSR count). The van der Waals surface area contributed by atoms with Crippen LogP contribution in [0.2, 0.25) is 0 Å². The first kappa shape index (κ1) is 24.0. The summed E-state index contributed by atoms with van der Waals surface area (Å²) in [7, 11) is 0. The molecule has 2 heterocycles. The fraction of sp³-hybridized carbons (Fsp3) is 0.375. The predicted molar refractivity (Wildman–Crippen MR) is 138 cm³/mol. The second kappa shape index (κ2) is 11.8. The van der Waals surface area contributed by atoms with E-state index in [0.29, 0.717) is 13.1 Å². The van der Waals surface area contributed by atoms with Crippen molar-refractivity contribution in [2.45, 2.75) is 39.8 Å². The Morgan fingerprint density at radius 1 is 1.19 bits per heavy atom. The summed E-state index contributed by atoms with van der Waals surface area (Å²) in [4.78, 5) is 9.13. The number of aliphatic imine (C=N–C) groups is 1. The van der Waals surface area contributed by atoms with Crippen LogP contribution in [0.15, 0.2) is 60.0 Å². The highest BCUT2D eigenvalue weighted by atomic mass is 127. The highest BCUT2D eigenvalue weighted by Gasteiger charge is 2.22. The van der Waals surface area contributed by atoms with Gasteiger partial charge < -0.3 is 15.4 Å². The molecule has 2 aromatic heterocycles. The summed E-state index contributed by atoms with van der Waals surface area (Å²) < 4.78 is 7.84. The average molecular weight is 546 g/mol. The van der Waals surface area contributed by atoms with Crippen LogP contribution in [0.3, 0.4) is 0 Å². The molecule has 1 aliphatic carbocycles. The molecule has 0 unspecified atom stereocenters. The van der Waals surface area contributed by atoms with Crippen LogP contribution in [0, 0.1) is 12.8 Å². The van der Waals surface area contributed by atoms with Gasteiger partial charge in [0.25, 0.3) is 0 Å². The predicted octanol–water partition coefficient (Wildman–Crippen LogP) is 4.24. The van der Waals surface area contributed by atoms with E-state index in [0.717, 1.165) is 47.7 Å². The Kier molecular flexibility index (Phi) is 8.90. The normalized spacial score (nSPS) is 13.4. The third-order valence-electron chi connectivity index (χ3n) is 5.15. The zero-order valence-electron chi connectivity index (χ0n) is 18.6. The van der Waals surface area contributed by atoms with Crippen LogP contribution >= 0.6 is 24.0 Å². The van der Waals surface area contributed by atoms with Gasteiger partial charge >= 0.3 is 0 Å². The number of guanidine groups is 1. The van der Waals surface area contributed by atoms with Crippen molar-refractivity contribution in [1.29, 1.82) is 0 Å². The monoisotopic (exact) mass is 546 g/mol. The Morgan fingerprint density at radius 2 is 2.06 bits per heavy atom. The van der Waals surface area contributed by atoms with Crippen molar-refractivity contribution in [1.82, 2.24) is 25.4 Å². The molecule has 7 nitrogen and oxygen atoms in total. The van der Waals surface area contributed by atoms with E-state index < -0.39 is 0 Å². The molecule has 1 fully saturated rings. The third-order valence-corrected chi connectivity index (χ3v) is 5.15. The highest BCUT2D eigenvalue weighted by molar-refractivity contribution is 14.0. The lowest BCUT2D eigenvalue weighted by molar-refractivity contribution is 0.296. The molecule has 0 amide bonds. The summed E-state index contributed by atoms with van der Waals surface area (Å²) in [5, 5.41) is 11.0. The lowest BCUT2D eigenvalue weighted by atomic mass is 10.1. The van der Waals surface area contributed by atoms with Gasteiger partial charge in [0, 0.05) is 37.2 Å². The topological polar surface area (TPSA) is 76.4 Å². The lowest BCUT2D eigenvalue weighted by Crippen LogP contribution is -2.36. The fourth-order valence-electron chi connectivity index (χ4n) is 3.21. The van der Waals surface area contributed by atoms with E-state index in [2.05, 4.69) is 52.8 Å². The SMILES string of the molecule is CCNC(=NCc1ccnc(-n2cccn2)c1)NCc1ccc(C)cc1OCC1CC1.I. The van der Waals surface area contributed by atoms with E-state index in [1.165, 1.54) is 18.4 Å². The van der Waals surface area contributed by atoms with Crippen LogP contribution in [-0.4, -0.2) is 33.9 Å². The summed E-state index contributed by atoms with van der Waals surface area (Å²) in [6, 6.07) is 12.2. The molecular formula is C24H31IN6O. The zero-order valence-corrected chi connectivity index (χ0v) is 21.0. The molecule has 1 aromatic carbocycles. The Bertz CT molecular complexity index is 1020. The Hall–Kier alpha value is -2.62. The van der Waals surface area contributed by atoms with Crippen molar-refractivity contribution in [2.24, 2.45) is 10.9 Å². The maximum Gasteiger partial charge on any atom is 0.191 e. The molecule has 0 spiro atoms. The van der Waals surface area contributed by atoms with Crippen molar-refractivity contribution in [3.8, 4) is 11.6 Å². The van der Waals surface area contributed by atoms with E-state index in [1.54, 1.807) is 17.1 Å². The van der Waals surface area contributed by atoms with Crippen molar-refractivity contribution in [2.75, 3.05) is 13.2 Å². The maximum atomic E-state index is 6.10. The highest BCUT2D eigenvalue weighted by Crippen LogP contribution is 2.30. The van der Waals surface area contributed by atoms with Crippen molar-refractivity contribution < 1.29 is 4.74 Å². The number of pyridine rings is 1. The summed E-state index contributed by atoms with van der Waals surface area (Å²) in [6.07, 6.45) is 7.98. The number of hydrogen-bond acceptors (Lipinski definition) is 4. The van der Waals surface area contributed by atoms with E-state index >= 15 is 0 Å². The number of ether oxygens (including phenoxy) is 1. The number of nitrogens with one attached hydrogen (secondary N) is 2.